The van der Waals surface area contributed by atoms with E-state index in [1.165, 1.54) is 17.7 Å². The average Bonchev–Trinajstić information content (AvgIpc) is 2.88. The summed E-state index contributed by atoms with van der Waals surface area (Å²) in [6.07, 6.45) is 2.05. The normalized spacial score (nSPS) is 10.0. The number of hydrogen-bond donors (Lipinski definition) is 2. The van der Waals surface area contributed by atoms with E-state index < -0.39 is 0 Å². The molecule has 0 atom stereocenters. The Kier molecular flexibility index (Phi) is 5.88. The molecule has 0 amide bonds. The highest BCUT2D eigenvalue weighted by molar-refractivity contribution is 7.15. The first-order valence-corrected chi connectivity index (χ1v) is 8.18. The second-order valence-electron chi connectivity index (χ2n) is 5.05. The molecule has 2 rings (SSSR count). The number of nitrogen functional groups attached to an aromatic ring is 1. The van der Waals surface area contributed by atoms with Gasteiger partial charge in [0.05, 0.1) is 30.7 Å². The lowest BCUT2D eigenvalue weighted by molar-refractivity contribution is 0.782. The fourth-order valence-electron chi connectivity index (χ4n) is 2.06. The highest BCUT2D eigenvalue weighted by Gasteiger charge is 2.16. The summed E-state index contributed by atoms with van der Waals surface area (Å²) in [5, 5.41) is 21.4. The van der Waals surface area contributed by atoms with Crippen LogP contribution in [0.1, 0.15) is 23.4 Å². The number of nitriles is 2. The Morgan fingerprint density at radius 2 is 1.88 bits per heavy atom. The zero-order chi connectivity index (χ0) is 17.5. The average molecular weight is 342 g/mol. The van der Waals surface area contributed by atoms with E-state index in [0.717, 1.165) is 10.6 Å². The molecule has 24 heavy (non-hydrogen) atoms. The lowest BCUT2D eigenvalue weighted by Crippen LogP contribution is -2.27. The summed E-state index contributed by atoms with van der Waals surface area (Å²) >= 11 is 1.52. The molecule has 0 aliphatic heterocycles. The monoisotopic (exact) mass is 342 g/mol. The van der Waals surface area contributed by atoms with E-state index in [2.05, 4.69) is 32.4 Å². The van der Waals surface area contributed by atoms with Crippen molar-refractivity contribution in [3.05, 3.63) is 16.9 Å². The summed E-state index contributed by atoms with van der Waals surface area (Å²) in [6, 6.07) is 4.19. The molecule has 2 aromatic rings. The molecule has 124 valence electrons. The van der Waals surface area contributed by atoms with E-state index in [0.29, 0.717) is 48.4 Å². The van der Waals surface area contributed by atoms with Gasteiger partial charge in [-0.15, -0.1) is 11.3 Å². The number of anilines is 4. The minimum atomic E-state index is 0.322. The molecule has 9 heteroatoms. The Hall–Kier alpha value is -2.91. The molecule has 0 radical (unpaired) electrons. The molecule has 0 aromatic carbocycles. The van der Waals surface area contributed by atoms with E-state index in [1.807, 2.05) is 18.7 Å². The predicted octanol–water partition coefficient (Wildman–Crippen LogP) is 2.51. The molecule has 0 saturated carbocycles. The third-order valence-corrected chi connectivity index (χ3v) is 4.39. The highest BCUT2D eigenvalue weighted by atomic mass is 32.1. The number of aryl methyl sites for hydroxylation is 2. The molecule has 0 saturated heterocycles. The van der Waals surface area contributed by atoms with Crippen LogP contribution in [0.25, 0.3) is 0 Å². The highest BCUT2D eigenvalue weighted by Crippen LogP contribution is 2.31. The van der Waals surface area contributed by atoms with Crippen molar-refractivity contribution in [3.63, 3.8) is 0 Å². The fraction of sp³-hybridized carbons (Fsp3) is 0.400. The molecule has 0 aliphatic carbocycles. The Morgan fingerprint density at radius 3 is 2.42 bits per heavy atom. The van der Waals surface area contributed by atoms with Crippen LogP contribution >= 0.6 is 11.3 Å². The van der Waals surface area contributed by atoms with Crippen LogP contribution in [0.15, 0.2) is 6.33 Å². The second kappa shape index (κ2) is 8.09. The maximum atomic E-state index is 8.81. The van der Waals surface area contributed by atoms with Crippen molar-refractivity contribution < 1.29 is 0 Å². The van der Waals surface area contributed by atoms with Crippen LogP contribution < -0.4 is 16.0 Å². The largest absolute Gasteiger partial charge is 0.393 e. The summed E-state index contributed by atoms with van der Waals surface area (Å²) in [6.45, 7) is 4.85. The molecule has 2 aromatic heterocycles. The number of rotatable bonds is 7. The van der Waals surface area contributed by atoms with Crippen molar-refractivity contribution in [2.24, 2.45) is 0 Å². The van der Waals surface area contributed by atoms with Crippen molar-refractivity contribution in [1.82, 2.24) is 15.0 Å². The van der Waals surface area contributed by atoms with Crippen molar-refractivity contribution in [1.29, 1.82) is 10.5 Å². The van der Waals surface area contributed by atoms with Gasteiger partial charge >= 0.3 is 0 Å². The first-order valence-electron chi connectivity index (χ1n) is 7.37. The van der Waals surface area contributed by atoms with Crippen LogP contribution in [-0.4, -0.2) is 28.0 Å². The quantitative estimate of drug-likeness (QED) is 0.785. The van der Waals surface area contributed by atoms with Gasteiger partial charge in [0.2, 0.25) is 0 Å². The number of aromatic nitrogens is 3. The smallest absolute Gasteiger partial charge is 0.188 e. The van der Waals surface area contributed by atoms with Gasteiger partial charge in [-0.25, -0.2) is 15.0 Å². The minimum Gasteiger partial charge on any atom is -0.393 e. The van der Waals surface area contributed by atoms with Gasteiger partial charge in [0.25, 0.3) is 0 Å². The van der Waals surface area contributed by atoms with Crippen LogP contribution in [0.4, 0.5) is 22.5 Å². The van der Waals surface area contributed by atoms with Gasteiger partial charge in [0, 0.05) is 18.0 Å². The lowest BCUT2D eigenvalue weighted by atomic mass is 10.3. The van der Waals surface area contributed by atoms with Crippen LogP contribution in [0.5, 0.6) is 0 Å². The lowest BCUT2D eigenvalue weighted by Gasteiger charge is -2.23. The number of nitrogens with two attached hydrogens (primary N) is 1. The Balaban J connectivity index is 2.27. The standard InChI is InChI=1S/C15H18N8S/c1-10-11(2)24-15(21-10)22-13-12(18)14(20-9-19-13)23(7-3-5-16)8-4-6-17/h9H,3-4,7-8,18H2,1-2H3,(H,19,20,21,22). The molecule has 8 nitrogen and oxygen atoms in total. The topological polar surface area (TPSA) is 128 Å². The van der Waals surface area contributed by atoms with Gasteiger partial charge < -0.3 is 16.0 Å². The van der Waals surface area contributed by atoms with Gasteiger partial charge in [-0.1, -0.05) is 0 Å². The van der Waals surface area contributed by atoms with Crippen molar-refractivity contribution in [2.75, 3.05) is 29.0 Å². The predicted molar refractivity (Wildman–Crippen MR) is 94.0 cm³/mol. The fourth-order valence-corrected chi connectivity index (χ4v) is 2.87. The third-order valence-electron chi connectivity index (χ3n) is 3.40. The first-order chi connectivity index (χ1) is 11.6. The second-order valence-corrected chi connectivity index (χ2v) is 6.25. The van der Waals surface area contributed by atoms with Gasteiger partial charge in [-0.2, -0.15) is 10.5 Å². The number of nitrogens with one attached hydrogen (secondary N) is 1. The van der Waals surface area contributed by atoms with E-state index in [4.69, 9.17) is 16.3 Å². The molecule has 0 bridgehead atoms. The van der Waals surface area contributed by atoms with Gasteiger partial charge in [0.1, 0.15) is 12.0 Å². The van der Waals surface area contributed by atoms with Gasteiger partial charge in [-0.05, 0) is 13.8 Å². The molecular weight excluding hydrogens is 324 g/mol. The third kappa shape index (κ3) is 4.09. The maximum absolute atomic E-state index is 8.81. The van der Waals surface area contributed by atoms with Crippen molar-refractivity contribution in [2.45, 2.75) is 26.7 Å². The first kappa shape index (κ1) is 17.4. The number of hydrogen-bond acceptors (Lipinski definition) is 9. The Morgan fingerprint density at radius 1 is 1.21 bits per heavy atom. The summed E-state index contributed by atoms with van der Waals surface area (Å²) < 4.78 is 0. The summed E-state index contributed by atoms with van der Waals surface area (Å²) in [5.41, 5.74) is 7.53. The van der Waals surface area contributed by atoms with Crippen LogP contribution in [-0.2, 0) is 0 Å². The van der Waals surface area contributed by atoms with Crippen LogP contribution in [0, 0.1) is 36.5 Å². The molecule has 0 aliphatic rings. The van der Waals surface area contributed by atoms with E-state index in [9.17, 15) is 0 Å². The molecule has 0 spiro atoms. The SMILES string of the molecule is Cc1nc(Nc2ncnc(N(CCC#N)CCC#N)c2N)sc1C. The Labute approximate surface area is 144 Å². The molecule has 3 N–H and O–H groups in total. The molecular formula is C15H18N8S. The molecule has 2 heterocycles. The number of thiazole rings is 1. The molecule has 0 unspecified atom stereocenters. The van der Waals surface area contributed by atoms with E-state index in [-0.39, 0.29) is 0 Å². The Bertz CT molecular complexity index is 748. The van der Waals surface area contributed by atoms with Gasteiger partial charge in [0.15, 0.2) is 16.8 Å². The van der Waals surface area contributed by atoms with Crippen molar-refractivity contribution >= 4 is 33.8 Å². The van der Waals surface area contributed by atoms with Crippen LogP contribution in [0.3, 0.4) is 0 Å². The number of nitrogens with zero attached hydrogens (tertiary/aromatic N) is 6. The molecule has 0 fully saturated rings. The summed E-state index contributed by atoms with van der Waals surface area (Å²) in [4.78, 5) is 15.8. The summed E-state index contributed by atoms with van der Waals surface area (Å²) in [7, 11) is 0. The van der Waals surface area contributed by atoms with Crippen LogP contribution in [0.2, 0.25) is 0 Å². The summed E-state index contributed by atoms with van der Waals surface area (Å²) in [5.74, 6) is 0.982. The van der Waals surface area contributed by atoms with E-state index >= 15 is 0 Å². The zero-order valence-corrected chi connectivity index (χ0v) is 14.4. The maximum Gasteiger partial charge on any atom is 0.188 e. The van der Waals surface area contributed by atoms with E-state index in [1.54, 1.807) is 0 Å². The minimum absolute atomic E-state index is 0.322. The van der Waals surface area contributed by atoms with Crippen molar-refractivity contribution in [3.8, 4) is 12.1 Å². The zero-order valence-electron chi connectivity index (χ0n) is 13.6. The van der Waals surface area contributed by atoms with Gasteiger partial charge in [-0.3, -0.25) is 0 Å².